The minimum atomic E-state index is -1.88. The lowest BCUT2D eigenvalue weighted by atomic mass is 9.53. The Morgan fingerprint density at radius 1 is 1.10 bits per heavy atom. The van der Waals surface area contributed by atoms with Crippen LogP contribution in [-0.2, 0) is 22.4 Å². The van der Waals surface area contributed by atoms with Gasteiger partial charge in [-0.3, -0.25) is 4.79 Å². The second kappa shape index (κ2) is 11.2. The fraction of sp³-hybridized carbons (Fsp3) is 0.629. The highest BCUT2D eigenvalue weighted by Crippen LogP contribution is 2.64. The number of benzene rings is 2. The minimum Gasteiger partial charge on any atom is -0.543 e. The van der Waals surface area contributed by atoms with E-state index in [1.165, 1.54) is 24.7 Å². The zero-order chi connectivity index (χ0) is 29.6. The lowest BCUT2D eigenvalue weighted by Gasteiger charge is -2.53. The van der Waals surface area contributed by atoms with Crippen LogP contribution >= 0.6 is 0 Å². The van der Waals surface area contributed by atoms with Crippen molar-refractivity contribution in [2.45, 2.75) is 108 Å². The van der Waals surface area contributed by atoms with Gasteiger partial charge in [-0.2, -0.15) is 0 Å². The highest BCUT2D eigenvalue weighted by Gasteiger charge is 2.61. The molecule has 0 radical (unpaired) electrons. The van der Waals surface area contributed by atoms with Crippen LogP contribution < -0.4 is 9.74 Å². The van der Waals surface area contributed by atoms with Crippen molar-refractivity contribution in [1.29, 1.82) is 0 Å². The summed E-state index contributed by atoms with van der Waals surface area (Å²) in [5, 5.41) is 15.8. The third-order valence-electron chi connectivity index (χ3n) is 11.6. The van der Waals surface area contributed by atoms with Gasteiger partial charge < -0.3 is 19.6 Å². The van der Waals surface area contributed by atoms with E-state index in [9.17, 15) is 9.90 Å². The second-order valence-corrected chi connectivity index (χ2v) is 19.5. The molecule has 41 heavy (non-hydrogen) atoms. The summed E-state index contributed by atoms with van der Waals surface area (Å²) in [5.74, 6) is 2.38. The van der Waals surface area contributed by atoms with E-state index >= 15 is 0 Å². The quantitative estimate of drug-likeness (QED) is 0.260. The smallest absolute Gasteiger partial charge is 0.323 e. The molecule has 0 bridgehead atoms. The average Bonchev–Trinajstić information content (AvgIpc) is 3.20. The van der Waals surface area contributed by atoms with E-state index in [2.05, 4.69) is 64.3 Å². The maximum absolute atomic E-state index is 12.7. The van der Waals surface area contributed by atoms with Crippen molar-refractivity contribution in [3.63, 3.8) is 0 Å². The molecule has 6 atom stereocenters. The Balaban J connectivity index is 1.30. The van der Waals surface area contributed by atoms with Gasteiger partial charge >= 0.3 is 5.97 Å². The van der Waals surface area contributed by atoms with E-state index in [-0.39, 0.29) is 16.4 Å². The van der Waals surface area contributed by atoms with Gasteiger partial charge in [0.25, 0.3) is 0 Å². The van der Waals surface area contributed by atoms with Crippen LogP contribution in [0.3, 0.4) is 0 Å². The summed E-state index contributed by atoms with van der Waals surface area (Å²) >= 11 is 0. The van der Waals surface area contributed by atoms with Crippen LogP contribution in [0.1, 0.15) is 82.4 Å². The lowest BCUT2D eigenvalue weighted by molar-refractivity contribution is -0.144. The number of hydrogen-bond acceptors (Lipinski definition) is 5. The highest BCUT2D eigenvalue weighted by molar-refractivity contribution is 6.74. The normalized spacial score (nSPS) is 30.1. The van der Waals surface area contributed by atoms with Gasteiger partial charge in [-0.15, -0.1) is 0 Å². The van der Waals surface area contributed by atoms with Crippen LogP contribution in [-0.4, -0.2) is 44.7 Å². The molecule has 2 aromatic rings. The second-order valence-electron chi connectivity index (χ2n) is 14.8. The van der Waals surface area contributed by atoms with Gasteiger partial charge in [-0.1, -0.05) is 64.1 Å². The Morgan fingerprint density at radius 3 is 2.51 bits per heavy atom. The molecule has 6 heteroatoms. The van der Waals surface area contributed by atoms with Gasteiger partial charge in [-0.25, -0.2) is 0 Å². The van der Waals surface area contributed by atoms with Gasteiger partial charge in [-0.05, 0) is 110 Å². The molecule has 0 unspecified atom stereocenters. The monoisotopic (exact) mass is 577 g/mol. The first-order chi connectivity index (χ1) is 19.3. The molecule has 3 aliphatic rings. The van der Waals surface area contributed by atoms with Crippen molar-refractivity contribution in [3.05, 3.63) is 65.2 Å². The molecule has 224 valence electrons. The number of carbonyl (C=O) groups is 1. The van der Waals surface area contributed by atoms with Crippen LogP contribution in [0.4, 0.5) is 0 Å². The van der Waals surface area contributed by atoms with E-state index in [0.717, 1.165) is 43.4 Å². The summed E-state index contributed by atoms with van der Waals surface area (Å²) in [6, 6.07) is 16.4. The number of carbonyl (C=O) groups excluding carboxylic acids is 1. The van der Waals surface area contributed by atoms with E-state index in [1.54, 1.807) is 0 Å². The first-order valence-corrected chi connectivity index (χ1v) is 18.6. The maximum Gasteiger partial charge on any atom is 0.323 e. The number of aryl methyl sites for hydroxylation is 1. The SMILES string of the molecule is COC(=O)[C@@H](Cc1ccccc1)NC[C@]1(O)CC[C@H]2[C@@H]3CCc4cc(O[Si](C)(C)C(C)(C)C)ccc4[C@H]3CC[C@@]21C. The van der Waals surface area contributed by atoms with Crippen molar-refractivity contribution in [1.82, 2.24) is 5.32 Å². The van der Waals surface area contributed by atoms with Gasteiger partial charge in [0.2, 0.25) is 8.32 Å². The number of methoxy groups -OCH3 is 1. The molecule has 0 aliphatic heterocycles. The van der Waals surface area contributed by atoms with Gasteiger partial charge in [0.05, 0.1) is 12.7 Å². The van der Waals surface area contributed by atoms with Crippen molar-refractivity contribution in [2.24, 2.45) is 17.3 Å². The Morgan fingerprint density at radius 2 is 1.83 bits per heavy atom. The Kier molecular flexibility index (Phi) is 8.25. The molecular weight excluding hydrogens is 526 g/mol. The number of rotatable bonds is 8. The standard InChI is InChI=1S/C35H51NO4Si/c1-33(2,3)41(6,7)40-26-14-16-27-25(22-26)13-15-29-28(27)17-19-34(4)30(29)18-20-35(34,38)23-36-31(32(37)39-5)21-24-11-9-8-10-12-24/h8-12,14,16,22,28-31,36,38H,13,15,17-21,23H2,1-7H3/t28-,29-,30+,31-,34+,35-/m1/s1. The maximum atomic E-state index is 12.7. The number of aliphatic hydroxyl groups is 1. The van der Waals surface area contributed by atoms with Crippen LogP contribution in [0.25, 0.3) is 0 Å². The molecule has 2 saturated carbocycles. The zero-order valence-electron chi connectivity index (χ0n) is 26.3. The fourth-order valence-corrected chi connectivity index (χ4v) is 9.02. The molecular formula is C35H51NO4Si. The van der Waals surface area contributed by atoms with Gasteiger partial charge in [0, 0.05) is 12.0 Å². The average molecular weight is 578 g/mol. The topological polar surface area (TPSA) is 67.8 Å². The summed E-state index contributed by atoms with van der Waals surface area (Å²) in [6.45, 7) is 14.2. The number of nitrogens with one attached hydrogen (secondary N) is 1. The molecule has 2 aromatic carbocycles. The predicted octanol–water partition coefficient (Wildman–Crippen LogP) is 7.03. The Hall–Kier alpha value is -2.15. The van der Waals surface area contributed by atoms with Crippen LogP contribution in [0.15, 0.2) is 48.5 Å². The third kappa shape index (κ3) is 5.64. The predicted molar refractivity (Wildman–Crippen MR) is 168 cm³/mol. The molecule has 0 amide bonds. The Bertz CT molecular complexity index is 1240. The largest absolute Gasteiger partial charge is 0.543 e. The zero-order valence-corrected chi connectivity index (χ0v) is 27.3. The molecule has 5 rings (SSSR count). The molecule has 2 fully saturated rings. The van der Waals surface area contributed by atoms with Crippen LogP contribution in [0.5, 0.6) is 5.75 Å². The lowest BCUT2D eigenvalue weighted by Crippen LogP contribution is -2.57. The van der Waals surface area contributed by atoms with Crippen molar-refractivity contribution in [3.8, 4) is 5.75 Å². The van der Waals surface area contributed by atoms with E-state index in [1.807, 2.05) is 30.3 Å². The summed E-state index contributed by atoms with van der Waals surface area (Å²) < 4.78 is 11.8. The number of esters is 1. The van der Waals surface area contributed by atoms with E-state index < -0.39 is 20.0 Å². The number of ether oxygens (including phenoxy) is 1. The molecule has 0 spiro atoms. The van der Waals surface area contributed by atoms with Crippen molar-refractivity contribution < 1.29 is 19.1 Å². The minimum absolute atomic E-state index is 0.169. The third-order valence-corrected chi connectivity index (χ3v) is 16.0. The highest BCUT2D eigenvalue weighted by atomic mass is 28.4. The Labute approximate surface area is 248 Å². The number of fused-ring (bicyclic) bond motifs is 5. The van der Waals surface area contributed by atoms with E-state index in [0.29, 0.717) is 30.7 Å². The van der Waals surface area contributed by atoms with E-state index in [4.69, 9.17) is 9.16 Å². The summed E-state index contributed by atoms with van der Waals surface area (Å²) in [5.41, 5.74) is 3.04. The number of hydrogen-bond donors (Lipinski definition) is 2. The fourth-order valence-electron chi connectivity index (χ4n) is 7.99. The summed E-state index contributed by atoms with van der Waals surface area (Å²) in [7, 11) is -0.441. The molecule has 0 aromatic heterocycles. The van der Waals surface area contributed by atoms with Crippen molar-refractivity contribution >= 4 is 14.3 Å². The molecule has 0 heterocycles. The molecule has 3 aliphatic carbocycles. The molecule has 5 nitrogen and oxygen atoms in total. The van der Waals surface area contributed by atoms with Gasteiger partial charge in [0.1, 0.15) is 11.8 Å². The summed E-state index contributed by atoms with van der Waals surface area (Å²) in [6.07, 6.45) is 6.71. The molecule has 2 N–H and O–H groups in total. The van der Waals surface area contributed by atoms with Gasteiger partial charge in [0.15, 0.2) is 0 Å². The first kappa shape index (κ1) is 30.3. The van der Waals surface area contributed by atoms with Crippen molar-refractivity contribution in [2.75, 3.05) is 13.7 Å². The van der Waals surface area contributed by atoms with Crippen LogP contribution in [0.2, 0.25) is 18.1 Å². The summed E-state index contributed by atoms with van der Waals surface area (Å²) in [4.78, 5) is 12.7. The molecule has 0 saturated heterocycles. The van der Waals surface area contributed by atoms with Crippen LogP contribution in [0, 0.1) is 17.3 Å². The first-order valence-electron chi connectivity index (χ1n) is 15.7.